The van der Waals surface area contributed by atoms with Crippen LogP contribution in [0.25, 0.3) is 22.3 Å². The molecule has 3 aromatic carbocycles. The minimum atomic E-state index is -0.512. The average molecular weight is 558 g/mol. The fraction of sp³-hybridized carbons (Fsp3) is 0.312. The molecule has 0 saturated heterocycles. The zero-order chi connectivity index (χ0) is 29.7. The van der Waals surface area contributed by atoms with Crippen LogP contribution in [0.1, 0.15) is 50.3 Å². The highest BCUT2D eigenvalue weighted by Crippen LogP contribution is 2.34. The molecule has 9 nitrogen and oxygen atoms in total. The Morgan fingerprint density at radius 1 is 1.00 bits per heavy atom. The number of aromatic nitrogens is 2. The minimum Gasteiger partial charge on any atom is -0.496 e. The van der Waals surface area contributed by atoms with E-state index < -0.39 is 5.97 Å². The van der Waals surface area contributed by atoms with Crippen molar-refractivity contribution in [1.82, 2.24) is 9.66 Å². The Kier molecular flexibility index (Phi) is 9.07. The second-order valence-corrected chi connectivity index (χ2v) is 10.1. The Bertz CT molecular complexity index is 1660. The van der Waals surface area contributed by atoms with Crippen LogP contribution >= 0.6 is 0 Å². The average Bonchev–Trinajstić information content (AvgIpc) is 2.94. The van der Waals surface area contributed by atoms with Gasteiger partial charge in [-0.15, -0.1) is 0 Å². The third-order valence-electron chi connectivity index (χ3n) is 6.44. The van der Waals surface area contributed by atoms with E-state index in [-0.39, 0.29) is 24.2 Å². The monoisotopic (exact) mass is 557 g/mol. The van der Waals surface area contributed by atoms with Gasteiger partial charge < -0.3 is 18.9 Å². The number of carbonyl (C=O) groups is 1. The molecule has 41 heavy (non-hydrogen) atoms. The molecule has 4 rings (SSSR count). The summed E-state index contributed by atoms with van der Waals surface area (Å²) >= 11 is 0. The molecule has 0 aliphatic rings. The van der Waals surface area contributed by atoms with E-state index in [1.54, 1.807) is 57.4 Å². The molecule has 0 aliphatic carbocycles. The Morgan fingerprint density at radius 3 is 2.41 bits per heavy atom. The van der Waals surface area contributed by atoms with Crippen molar-refractivity contribution >= 4 is 23.1 Å². The van der Waals surface area contributed by atoms with Gasteiger partial charge in [0.2, 0.25) is 0 Å². The summed E-state index contributed by atoms with van der Waals surface area (Å²) in [6.45, 7) is 9.32. The van der Waals surface area contributed by atoms with E-state index >= 15 is 0 Å². The van der Waals surface area contributed by atoms with Gasteiger partial charge in [0, 0.05) is 11.1 Å². The molecular formula is C32H35N3O6. The van der Waals surface area contributed by atoms with Gasteiger partial charge in [0.05, 0.1) is 37.4 Å². The zero-order valence-electron chi connectivity index (χ0n) is 24.4. The van der Waals surface area contributed by atoms with E-state index in [1.165, 1.54) is 18.0 Å². The van der Waals surface area contributed by atoms with Gasteiger partial charge in [0.15, 0.2) is 23.9 Å². The van der Waals surface area contributed by atoms with Gasteiger partial charge in [0.1, 0.15) is 5.75 Å². The Hall–Kier alpha value is -4.66. The van der Waals surface area contributed by atoms with Crippen molar-refractivity contribution in [3.05, 3.63) is 81.6 Å². The van der Waals surface area contributed by atoms with Crippen LogP contribution in [0.5, 0.6) is 17.2 Å². The fourth-order valence-corrected chi connectivity index (χ4v) is 4.47. The standard InChI is InChI=1S/C32H35N3O6/c1-19(2)24-16-25(21(5)15-28(24)39-7)31-34-26-13-9-8-12-23(26)32(37)35(31)33-17-22-11-10-14-27(38-6)30(22)40-18-29(36)41-20(3)4/h8-17,19-20H,18H2,1-7H3. The van der Waals surface area contributed by atoms with Gasteiger partial charge in [-0.1, -0.05) is 32.0 Å². The van der Waals surface area contributed by atoms with Gasteiger partial charge in [-0.05, 0) is 74.2 Å². The molecule has 0 N–H and O–H groups in total. The quantitative estimate of drug-likeness (QED) is 0.181. The van der Waals surface area contributed by atoms with Crippen LogP contribution in [-0.2, 0) is 9.53 Å². The SMILES string of the molecule is COc1cc(C)c(-c2nc3ccccc3c(=O)n2N=Cc2cccc(OC)c2OCC(=O)OC(C)C)cc1C(C)C. The van der Waals surface area contributed by atoms with Crippen LogP contribution in [0.3, 0.4) is 0 Å². The molecule has 0 bridgehead atoms. The number of para-hydroxylation sites is 2. The predicted octanol–water partition coefficient (Wildman–Crippen LogP) is 5.73. The summed E-state index contributed by atoms with van der Waals surface area (Å²) in [6.07, 6.45) is 1.22. The molecule has 0 amide bonds. The molecule has 1 heterocycles. The third-order valence-corrected chi connectivity index (χ3v) is 6.44. The van der Waals surface area contributed by atoms with E-state index in [0.29, 0.717) is 33.8 Å². The van der Waals surface area contributed by atoms with E-state index in [9.17, 15) is 9.59 Å². The van der Waals surface area contributed by atoms with Crippen molar-refractivity contribution in [3.63, 3.8) is 0 Å². The molecule has 1 aromatic heterocycles. The molecule has 214 valence electrons. The Labute approximate surface area is 239 Å². The van der Waals surface area contributed by atoms with Crippen molar-refractivity contribution in [1.29, 1.82) is 0 Å². The summed E-state index contributed by atoms with van der Waals surface area (Å²) in [6, 6.07) is 16.3. The molecule has 0 aliphatic heterocycles. The lowest BCUT2D eigenvalue weighted by molar-refractivity contribution is -0.149. The van der Waals surface area contributed by atoms with Crippen molar-refractivity contribution in [2.75, 3.05) is 20.8 Å². The van der Waals surface area contributed by atoms with Gasteiger partial charge in [0.25, 0.3) is 5.56 Å². The molecule has 0 radical (unpaired) electrons. The number of nitrogens with zero attached hydrogens (tertiary/aromatic N) is 3. The Balaban J connectivity index is 1.88. The lowest BCUT2D eigenvalue weighted by Gasteiger charge is -2.17. The lowest BCUT2D eigenvalue weighted by Crippen LogP contribution is -2.21. The largest absolute Gasteiger partial charge is 0.496 e. The zero-order valence-corrected chi connectivity index (χ0v) is 24.4. The molecule has 0 saturated carbocycles. The number of methoxy groups -OCH3 is 2. The number of hydrogen-bond donors (Lipinski definition) is 0. The maximum atomic E-state index is 13.8. The topological polar surface area (TPSA) is 101 Å². The van der Waals surface area contributed by atoms with Crippen molar-refractivity contribution in [3.8, 4) is 28.6 Å². The summed E-state index contributed by atoms with van der Waals surface area (Å²) in [5, 5.41) is 5.04. The summed E-state index contributed by atoms with van der Waals surface area (Å²) in [5.41, 5.74) is 3.37. The first-order valence-electron chi connectivity index (χ1n) is 13.4. The number of hydrogen-bond acceptors (Lipinski definition) is 8. The molecule has 0 atom stereocenters. The van der Waals surface area contributed by atoms with Crippen LogP contribution in [0, 0.1) is 6.92 Å². The normalized spacial score (nSPS) is 11.4. The summed E-state index contributed by atoms with van der Waals surface area (Å²) in [5.74, 6) is 1.52. The van der Waals surface area contributed by atoms with E-state index in [1.807, 2.05) is 25.1 Å². The maximum absolute atomic E-state index is 13.8. The van der Waals surface area contributed by atoms with E-state index in [2.05, 4.69) is 18.9 Å². The van der Waals surface area contributed by atoms with Crippen LogP contribution in [0.4, 0.5) is 0 Å². The van der Waals surface area contributed by atoms with Gasteiger partial charge >= 0.3 is 5.97 Å². The summed E-state index contributed by atoms with van der Waals surface area (Å²) < 4.78 is 23.4. The van der Waals surface area contributed by atoms with E-state index in [4.69, 9.17) is 23.9 Å². The van der Waals surface area contributed by atoms with Crippen LogP contribution in [0.15, 0.2) is 64.5 Å². The highest BCUT2D eigenvalue weighted by atomic mass is 16.6. The van der Waals surface area contributed by atoms with Crippen LogP contribution in [0.2, 0.25) is 0 Å². The van der Waals surface area contributed by atoms with Gasteiger partial charge in [-0.2, -0.15) is 9.78 Å². The molecular weight excluding hydrogens is 522 g/mol. The number of ether oxygens (including phenoxy) is 4. The highest BCUT2D eigenvalue weighted by Gasteiger charge is 2.19. The molecule has 0 spiro atoms. The number of esters is 1. The van der Waals surface area contributed by atoms with Crippen molar-refractivity contribution in [2.24, 2.45) is 5.10 Å². The molecule has 0 fully saturated rings. The molecule has 9 heteroatoms. The third kappa shape index (κ3) is 6.40. The van der Waals surface area contributed by atoms with Gasteiger partial charge in [-0.25, -0.2) is 9.78 Å². The number of fused-ring (bicyclic) bond motifs is 1. The maximum Gasteiger partial charge on any atom is 0.344 e. The van der Waals surface area contributed by atoms with Gasteiger partial charge in [-0.3, -0.25) is 4.79 Å². The first-order chi connectivity index (χ1) is 19.6. The fourth-order valence-electron chi connectivity index (χ4n) is 4.47. The van der Waals surface area contributed by atoms with Crippen LogP contribution < -0.4 is 19.8 Å². The lowest BCUT2D eigenvalue weighted by atomic mass is 9.96. The second kappa shape index (κ2) is 12.7. The summed E-state index contributed by atoms with van der Waals surface area (Å²) in [4.78, 5) is 30.8. The second-order valence-electron chi connectivity index (χ2n) is 10.1. The first-order valence-corrected chi connectivity index (χ1v) is 13.4. The first kappa shape index (κ1) is 29.3. The smallest absolute Gasteiger partial charge is 0.344 e. The van der Waals surface area contributed by atoms with E-state index in [0.717, 1.165) is 22.4 Å². The number of benzene rings is 3. The Morgan fingerprint density at radius 2 is 1.73 bits per heavy atom. The number of aryl methyl sites for hydroxylation is 1. The number of carbonyl (C=O) groups excluding carboxylic acids is 1. The number of rotatable bonds is 10. The molecule has 4 aromatic rings. The van der Waals surface area contributed by atoms with Crippen molar-refractivity contribution < 1.29 is 23.7 Å². The van der Waals surface area contributed by atoms with Crippen LogP contribution in [-0.4, -0.2) is 48.8 Å². The van der Waals surface area contributed by atoms with Crippen molar-refractivity contribution in [2.45, 2.75) is 46.6 Å². The summed E-state index contributed by atoms with van der Waals surface area (Å²) in [7, 11) is 3.15. The minimum absolute atomic E-state index is 0.173. The molecule has 0 unspecified atom stereocenters. The predicted molar refractivity (Wildman–Crippen MR) is 160 cm³/mol. The highest BCUT2D eigenvalue weighted by molar-refractivity contribution is 5.86.